The molecule has 5 nitrogen and oxygen atoms in total. The normalized spacial score (nSPS) is 14.9. The summed E-state index contributed by atoms with van der Waals surface area (Å²) < 4.78 is 21.3. The van der Waals surface area contributed by atoms with E-state index in [1.165, 1.54) is 12.8 Å². The number of halogens is 1. The largest absolute Gasteiger partial charge is 0.489 e. The van der Waals surface area contributed by atoms with Crippen LogP contribution in [0.5, 0.6) is 5.75 Å². The minimum Gasteiger partial charge on any atom is -0.489 e. The second-order valence-electron chi connectivity index (χ2n) is 9.55. The van der Waals surface area contributed by atoms with Crippen LogP contribution in [-0.2, 0) is 17.8 Å². The van der Waals surface area contributed by atoms with Crippen molar-refractivity contribution in [2.24, 2.45) is 11.1 Å². The van der Waals surface area contributed by atoms with E-state index in [2.05, 4.69) is 12.2 Å². The van der Waals surface area contributed by atoms with Crippen molar-refractivity contribution in [3.8, 4) is 16.9 Å². The first-order chi connectivity index (χ1) is 16.2. The Labute approximate surface area is 199 Å². The van der Waals surface area contributed by atoms with Crippen molar-refractivity contribution in [1.29, 1.82) is 0 Å². The maximum Gasteiger partial charge on any atom is 0.307 e. The monoisotopic (exact) mass is 462 g/mol. The molecular formula is C28H31FN2O3. The number of para-hydroxylation sites is 1. The average Bonchev–Trinajstić information content (AvgIpc) is 3.54. The fourth-order valence-corrected chi connectivity index (χ4v) is 3.98. The number of carboxylic acids is 1. The molecule has 0 spiro atoms. The van der Waals surface area contributed by atoms with Crippen LogP contribution in [0.2, 0.25) is 0 Å². The van der Waals surface area contributed by atoms with Crippen molar-refractivity contribution in [3.63, 3.8) is 0 Å². The second-order valence-corrected chi connectivity index (χ2v) is 9.55. The maximum atomic E-state index is 15.3. The summed E-state index contributed by atoms with van der Waals surface area (Å²) in [5.41, 5.74) is 10.3. The Morgan fingerprint density at radius 1 is 1.18 bits per heavy atom. The molecule has 3 aromatic rings. The fourth-order valence-electron chi connectivity index (χ4n) is 3.98. The molecule has 0 saturated heterocycles. The lowest BCUT2D eigenvalue weighted by Gasteiger charge is -2.17. The van der Waals surface area contributed by atoms with Crippen LogP contribution in [0.25, 0.3) is 11.1 Å². The predicted octanol–water partition coefficient (Wildman–Crippen LogP) is 5.93. The standard InChI is InChI=1S/C28H31FN2O3/c1-18(30)23-7-5-8-24(27(23)29)21-12-19(13-22(14-21)31-17-28(2)10-11-28)16-34-25-9-4-3-6-20(25)15-26(32)33/h3-9,12-14,18,31H,10-11,15-17,30H2,1-2H3,(H,32,33)/t18-/m1/s1. The quantitative estimate of drug-likeness (QED) is 0.348. The summed E-state index contributed by atoms with van der Waals surface area (Å²) in [6.45, 7) is 5.09. The van der Waals surface area contributed by atoms with Gasteiger partial charge < -0.3 is 20.9 Å². The van der Waals surface area contributed by atoms with E-state index in [1.54, 1.807) is 37.3 Å². The van der Waals surface area contributed by atoms with E-state index >= 15 is 4.39 Å². The van der Waals surface area contributed by atoms with Crippen LogP contribution in [0, 0.1) is 11.2 Å². The molecular weight excluding hydrogens is 431 g/mol. The molecule has 1 atom stereocenters. The number of carboxylic acid groups (broad SMARTS) is 1. The van der Waals surface area contributed by atoms with Crippen LogP contribution in [0.1, 0.15) is 49.4 Å². The number of aliphatic carboxylic acids is 1. The van der Waals surface area contributed by atoms with Crippen LogP contribution in [0.3, 0.4) is 0 Å². The molecule has 0 bridgehead atoms. The molecule has 1 fully saturated rings. The van der Waals surface area contributed by atoms with Gasteiger partial charge in [-0.2, -0.15) is 0 Å². The molecule has 34 heavy (non-hydrogen) atoms. The van der Waals surface area contributed by atoms with E-state index in [4.69, 9.17) is 10.5 Å². The van der Waals surface area contributed by atoms with Crippen LogP contribution in [-0.4, -0.2) is 17.6 Å². The molecule has 0 aromatic heterocycles. The van der Waals surface area contributed by atoms with Gasteiger partial charge in [0.1, 0.15) is 18.2 Å². The lowest BCUT2D eigenvalue weighted by molar-refractivity contribution is -0.136. The highest BCUT2D eigenvalue weighted by molar-refractivity contribution is 5.72. The second kappa shape index (κ2) is 9.85. The smallest absolute Gasteiger partial charge is 0.307 e. The molecule has 0 unspecified atom stereocenters. The summed E-state index contributed by atoms with van der Waals surface area (Å²) in [5.74, 6) is -0.703. The molecule has 1 saturated carbocycles. The van der Waals surface area contributed by atoms with Crippen molar-refractivity contribution in [3.05, 3.63) is 83.2 Å². The number of benzene rings is 3. The third kappa shape index (κ3) is 5.75. The Morgan fingerprint density at radius 2 is 1.94 bits per heavy atom. The van der Waals surface area contributed by atoms with E-state index in [9.17, 15) is 9.90 Å². The fraction of sp³-hybridized carbons (Fsp3) is 0.321. The van der Waals surface area contributed by atoms with Crippen molar-refractivity contribution >= 4 is 11.7 Å². The first-order valence-electron chi connectivity index (χ1n) is 11.6. The number of hydrogen-bond donors (Lipinski definition) is 3. The summed E-state index contributed by atoms with van der Waals surface area (Å²) in [7, 11) is 0. The summed E-state index contributed by atoms with van der Waals surface area (Å²) in [4.78, 5) is 11.2. The lowest BCUT2D eigenvalue weighted by atomic mass is 9.97. The maximum absolute atomic E-state index is 15.3. The van der Waals surface area contributed by atoms with E-state index in [0.29, 0.717) is 27.9 Å². The molecule has 3 aromatic carbocycles. The molecule has 0 aliphatic heterocycles. The molecule has 0 radical (unpaired) electrons. The van der Waals surface area contributed by atoms with Crippen molar-refractivity contribution < 1.29 is 19.0 Å². The van der Waals surface area contributed by atoms with Crippen LogP contribution < -0.4 is 15.8 Å². The minimum absolute atomic E-state index is 0.114. The molecule has 1 aliphatic rings. The van der Waals surface area contributed by atoms with Gasteiger partial charge in [0, 0.05) is 35.0 Å². The van der Waals surface area contributed by atoms with E-state index in [0.717, 1.165) is 23.4 Å². The zero-order valence-electron chi connectivity index (χ0n) is 19.6. The predicted molar refractivity (Wildman–Crippen MR) is 132 cm³/mol. The van der Waals surface area contributed by atoms with Gasteiger partial charge in [-0.25, -0.2) is 4.39 Å². The number of nitrogens with one attached hydrogen (secondary N) is 1. The summed E-state index contributed by atoms with van der Waals surface area (Å²) >= 11 is 0. The van der Waals surface area contributed by atoms with E-state index in [-0.39, 0.29) is 18.8 Å². The third-order valence-electron chi connectivity index (χ3n) is 6.35. The number of nitrogens with two attached hydrogens (primary N) is 1. The first-order valence-corrected chi connectivity index (χ1v) is 11.6. The molecule has 4 rings (SSSR count). The number of rotatable bonds is 10. The zero-order valence-corrected chi connectivity index (χ0v) is 19.6. The summed E-state index contributed by atoms with van der Waals surface area (Å²) in [5, 5.41) is 12.7. The van der Waals surface area contributed by atoms with Crippen LogP contribution in [0.15, 0.2) is 60.7 Å². The number of carbonyl (C=O) groups is 1. The Bertz CT molecular complexity index is 1190. The van der Waals surface area contributed by atoms with Gasteiger partial charge in [0.25, 0.3) is 0 Å². The minimum atomic E-state index is -0.914. The Hall–Kier alpha value is -3.38. The van der Waals surface area contributed by atoms with Crippen molar-refractivity contribution in [1.82, 2.24) is 0 Å². The van der Waals surface area contributed by atoms with Gasteiger partial charge in [-0.3, -0.25) is 4.79 Å². The molecule has 0 heterocycles. The number of anilines is 1. The summed E-state index contributed by atoms with van der Waals surface area (Å²) in [6.07, 6.45) is 2.28. The van der Waals surface area contributed by atoms with Crippen LogP contribution >= 0.6 is 0 Å². The van der Waals surface area contributed by atoms with E-state index < -0.39 is 12.0 Å². The van der Waals surface area contributed by atoms with Gasteiger partial charge in [-0.05, 0) is 60.6 Å². The van der Waals surface area contributed by atoms with Crippen molar-refractivity contribution in [2.75, 3.05) is 11.9 Å². The van der Waals surface area contributed by atoms with Gasteiger partial charge >= 0.3 is 5.97 Å². The highest BCUT2D eigenvalue weighted by atomic mass is 19.1. The highest BCUT2D eigenvalue weighted by Crippen LogP contribution is 2.45. The van der Waals surface area contributed by atoms with Crippen LogP contribution in [0.4, 0.5) is 10.1 Å². The molecule has 0 amide bonds. The lowest BCUT2D eigenvalue weighted by Crippen LogP contribution is -2.12. The SMILES string of the molecule is C[C@@H](N)c1cccc(-c2cc(COc3ccccc3CC(=O)O)cc(NCC3(C)CC3)c2)c1F. The van der Waals surface area contributed by atoms with Gasteiger partial charge in [-0.1, -0.05) is 43.3 Å². The van der Waals surface area contributed by atoms with Gasteiger partial charge in [-0.15, -0.1) is 0 Å². The Morgan fingerprint density at radius 3 is 2.65 bits per heavy atom. The van der Waals surface area contributed by atoms with Gasteiger partial charge in [0.05, 0.1) is 6.42 Å². The van der Waals surface area contributed by atoms with Crippen molar-refractivity contribution in [2.45, 2.75) is 45.8 Å². The molecule has 4 N–H and O–H groups in total. The highest BCUT2D eigenvalue weighted by Gasteiger charge is 2.36. The van der Waals surface area contributed by atoms with E-state index in [1.807, 2.05) is 30.3 Å². The zero-order chi connectivity index (χ0) is 24.3. The Kier molecular flexibility index (Phi) is 6.89. The first kappa shape index (κ1) is 23.8. The molecule has 178 valence electrons. The van der Waals surface area contributed by atoms with Gasteiger partial charge in [0.15, 0.2) is 0 Å². The number of ether oxygens (including phenoxy) is 1. The van der Waals surface area contributed by atoms with Gasteiger partial charge in [0.2, 0.25) is 0 Å². The summed E-state index contributed by atoms with van der Waals surface area (Å²) in [6, 6.07) is 17.9. The Balaban J connectivity index is 1.65. The topological polar surface area (TPSA) is 84.6 Å². The molecule has 1 aliphatic carbocycles. The average molecular weight is 463 g/mol. The third-order valence-corrected chi connectivity index (χ3v) is 6.35. The number of hydrogen-bond acceptors (Lipinski definition) is 4. The molecule has 6 heteroatoms.